The molecule has 3 aromatic rings. The number of hydrogen-bond donors (Lipinski definition) is 1. The molecule has 1 heterocycles. The van der Waals surface area contributed by atoms with Crippen LogP contribution < -0.4 is 0 Å². The quantitative estimate of drug-likeness (QED) is 0.648. The Kier molecular flexibility index (Phi) is 4.09. The van der Waals surface area contributed by atoms with Gasteiger partial charge in [-0.15, -0.1) is 11.8 Å². The van der Waals surface area contributed by atoms with E-state index in [9.17, 15) is 5.11 Å². The number of nitrogens with zero attached hydrogens (tertiary/aromatic N) is 1. The van der Waals surface area contributed by atoms with Crippen LogP contribution in [0, 0.1) is 0 Å². The van der Waals surface area contributed by atoms with Crippen molar-refractivity contribution in [3.63, 3.8) is 0 Å². The lowest BCUT2D eigenvalue weighted by Gasteiger charge is -2.17. The van der Waals surface area contributed by atoms with Crippen LogP contribution in [0.25, 0.3) is 0 Å². The Labute approximate surface area is 145 Å². The van der Waals surface area contributed by atoms with E-state index in [4.69, 9.17) is 4.99 Å². The van der Waals surface area contributed by atoms with Crippen LogP contribution in [0.3, 0.4) is 0 Å². The van der Waals surface area contributed by atoms with Gasteiger partial charge < -0.3 is 5.11 Å². The minimum absolute atomic E-state index is 0.133. The molecular formula is C21H17NOS. The number of thioether (sulfide) groups is 1. The molecule has 0 amide bonds. The normalized spacial score (nSPS) is 16.8. The Morgan fingerprint density at radius 1 is 0.833 bits per heavy atom. The summed E-state index contributed by atoms with van der Waals surface area (Å²) in [6.07, 6.45) is 0.779. The molecule has 0 radical (unpaired) electrons. The predicted octanol–water partition coefficient (Wildman–Crippen LogP) is 5.75. The summed E-state index contributed by atoms with van der Waals surface area (Å²) >= 11 is 1.77. The zero-order valence-electron chi connectivity index (χ0n) is 13.1. The zero-order chi connectivity index (χ0) is 16.4. The summed E-state index contributed by atoms with van der Waals surface area (Å²) in [4.78, 5) is 6.08. The molecule has 0 aliphatic carbocycles. The summed E-state index contributed by atoms with van der Waals surface area (Å²) < 4.78 is 0. The van der Waals surface area contributed by atoms with Gasteiger partial charge in [-0.3, -0.25) is 4.99 Å². The minimum Gasteiger partial charge on any atom is -0.508 e. The average molecular weight is 331 g/mol. The third kappa shape index (κ3) is 2.95. The second-order valence-corrected chi connectivity index (χ2v) is 7.01. The topological polar surface area (TPSA) is 32.6 Å². The third-order valence-electron chi connectivity index (χ3n) is 4.16. The summed E-state index contributed by atoms with van der Waals surface area (Å²) in [7, 11) is 0. The number of aliphatic imine (C=N–C) groups is 1. The lowest BCUT2D eigenvalue weighted by molar-refractivity contribution is 0.468. The largest absolute Gasteiger partial charge is 0.508 e. The number of aromatic hydroxyl groups is 1. The molecule has 0 aromatic heterocycles. The molecular weight excluding hydrogens is 314 g/mol. The summed E-state index contributed by atoms with van der Waals surface area (Å²) in [5.74, 6) is 0.349. The van der Waals surface area contributed by atoms with Gasteiger partial charge in [0.1, 0.15) is 5.75 Å². The molecule has 0 fully saturated rings. The maximum Gasteiger partial charge on any atom is 0.119 e. The first-order chi connectivity index (χ1) is 11.8. The van der Waals surface area contributed by atoms with E-state index in [2.05, 4.69) is 24.3 Å². The minimum atomic E-state index is 0.133. The SMILES string of the molecule is Oc1ccccc1C1CC(c2ccccc2)=Nc2ccccc2S1. The second kappa shape index (κ2) is 6.54. The van der Waals surface area contributed by atoms with Crippen LogP contribution in [0.5, 0.6) is 5.75 Å². The van der Waals surface area contributed by atoms with Crippen molar-refractivity contribution in [3.05, 3.63) is 90.0 Å². The molecule has 118 valence electrons. The van der Waals surface area contributed by atoms with Gasteiger partial charge in [0.25, 0.3) is 0 Å². The van der Waals surface area contributed by atoms with E-state index in [1.165, 1.54) is 0 Å². The summed E-state index contributed by atoms with van der Waals surface area (Å²) in [5, 5.41) is 10.4. The van der Waals surface area contributed by atoms with E-state index in [1.54, 1.807) is 17.8 Å². The highest BCUT2D eigenvalue weighted by atomic mass is 32.2. The predicted molar refractivity (Wildman–Crippen MR) is 100 cm³/mol. The van der Waals surface area contributed by atoms with Crippen molar-refractivity contribution in [2.24, 2.45) is 4.99 Å². The molecule has 3 heteroatoms. The van der Waals surface area contributed by atoms with Crippen LogP contribution in [0.15, 0.2) is 88.8 Å². The van der Waals surface area contributed by atoms with Crippen LogP contribution in [0.4, 0.5) is 5.69 Å². The van der Waals surface area contributed by atoms with Gasteiger partial charge in [-0.1, -0.05) is 60.7 Å². The second-order valence-electron chi connectivity index (χ2n) is 5.76. The first-order valence-corrected chi connectivity index (χ1v) is 8.86. The van der Waals surface area contributed by atoms with E-state index in [0.717, 1.165) is 33.8 Å². The average Bonchev–Trinajstić information content (AvgIpc) is 2.82. The van der Waals surface area contributed by atoms with Gasteiger partial charge in [0.05, 0.1) is 5.69 Å². The van der Waals surface area contributed by atoms with E-state index in [0.29, 0.717) is 5.75 Å². The fourth-order valence-electron chi connectivity index (χ4n) is 2.96. The highest BCUT2D eigenvalue weighted by molar-refractivity contribution is 7.99. The lowest BCUT2D eigenvalue weighted by atomic mass is 10.0. The maximum atomic E-state index is 10.3. The Morgan fingerprint density at radius 3 is 2.38 bits per heavy atom. The number of phenolic OH excluding ortho intramolecular Hbond substituents is 1. The Hall–Kier alpha value is -2.52. The molecule has 24 heavy (non-hydrogen) atoms. The molecule has 0 saturated carbocycles. The molecule has 1 N–H and O–H groups in total. The highest BCUT2D eigenvalue weighted by Crippen LogP contribution is 2.47. The van der Waals surface area contributed by atoms with Crippen LogP contribution >= 0.6 is 11.8 Å². The fraction of sp³-hybridized carbons (Fsp3) is 0.0952. The molecule has 0 spiro atoms. The molecule has 1 aliphatic heterocycles. The summed E-state index contributed by atoms with van der Waals surface area (Å²) in [5.41, 5.74) is 4.15. The first kappa shape index (κ1) is 15.0. The maximum absolute atomic E-state index is 10.3. The van der Waals surface area contributed by atoms with Crippen molar-refractivity contribution in [1.29, 1.82) is 0 Å². The van der Waals surface area contributed by atoms with Crippen LogP contribution in [0.2, 0.25) is 0 Å². The van der Waals surface area contributed by atoms with Crippen LogP contribution in [-0.2, 0) is 0 Å². The molecule has 3 aromatic carbocycles. The van der Waals surface area contributed by atoms with Crippen LogP contribution in [0.1, 0.15) is 22.8 Å². The van der Waals surface area contributed by atoms with E-state index in [-0.39, 0.29) is 5.25 Å². The van der Waals surface area contributed by atoms with Crippen molar-refractivity contribution in [3.8, 4) is 5.75 Å². The molecule has 1 atom stereocenters. The van der Waals surface area contributed by atoms with Crippen molar-refractivity contribution >= 4 is 23.2 Å². The molecule has 4 rings (SSSR count). The van der Waals surface area contributed by atoms with Gasteiger partial charge in [0, 0.05) is 27.8 Å². The Balaban J connectivity index is 1.83. The number of phenols is 1. The number of rotatable bonds is 2. The van der Waals surface area contributed by atoms with Crippen molar-refractivity contribution in [2.45, 2.75) is 16.6 Å². The number of para-hydroxylation sites is 2. The Morgan fingerprint density at radius 2 is 1.54 bits per heavy atom. The Bertz CT molecular complexity index is 889. The molecule has 0 saturated heterocycles. The van der Waals surface area contributed by atoms with Gasteiger partial charge in [-0.05, 0) is 23.8 Å². The van der Waals surface area contributed by atoms with Gasteiger partial charge in [0.15, 0.2) is 0 Å². The molecule has 2 nitrogen and oxygen atoms in total. The number of hydrogen-bond acceptors (Lipinski definition) is 3. The highest BCUT2D eigenvalue weighted by Gasteiger charge is 2.24. The van der Waals surface area contributed by atoms with Crippen molar-refractivity contribution in [2.75, 3.05) is 0 Å². The summed E-state index contributed by atoms with van der Waals surface area (Å²) in [6, 6.07) is 26.1. The van der Waals surface area contributed by atoms with E-state index >= 15 is 0 Å². The van der Waals surface area contributed by atoms with Crippen molar-refractivity contribution in [1.82, 2.24) is 0 Å². The molecule has 1 aliphatic rings. The zero-order valence-corrected chi connectivity index (χ0v) is 13.9. The smallest absolute Gasteiger partial charge is 0.119 e. The standard InChI is InChI=1S/C21H17NOS/c23-19-12-6-4-10-16(19)21-14-18(15-8-2-1-3-9-15)22-17-11-5-7-13-20(17)24-21/h1-13,21,23H,14H2. The van der Waals surface area contributed by atoms with E-state index < -0.39 is 0 Å². The van der Waals surface area contributed by atoms with Gasteiger partial charge in [-0.2, -0.15) is 0 Å². The third-order valence-corrected chi connectivity index (χ3v) is 5.46. The van der Waals surface area contributed by atoms with Crippen molar-refractivity contribution < 1.29 is 5.11 Å². The lowest BCUT2D eigenvalue weighted by Crippen LogP contribution is -2.05. The monoisotopic (exact) mass is 331 g/mol. The van der Waals surface area contributed by atoms with Gasteiger partial charge in [0.2, 0.25) is 0 Å². The number of benzene rings is 3. The van der Waals surface area contributed by atoms with Crippen LogP contribution in [-0.4, -0.2) is 10.8 Å². The van der Waals surface area contributed by atoms with Gasteiger partial charge >= 0.3 is 0 Å². The first-order valence-electron chi connectivity index (χ1n) is 7.98. The fourth-order valence-corrected chi connectivity index (χ4v) is 4.22. The van der Waals surface area contributed by atoms with Gasteiger partial charge in [-0.25, -0.2) is 0 Å². The molecule has 0 bridgehead atoms. The number of fused-ring (bicyclic) bond motifs is 1. The molecule has 1 unspecified atom stereocenters. The van der Waals surface area contributed by atoms with E-state index in [1.807, 2.05) is 48.5 Å². The summed E-state index contributed by atoms with van der Waals surface area (Å²) in [6.45, 7) is 0.